The van der Waals surface area contributed by atoms with Crippen LogP contribution in [0.1, 0.15) is 56.5 Å². The summed E-state index contributed by atoms with van der Waals surface area (Å²) >= 11 is 0. The molecule has 184 valence electrons. The first-order chi connectivity index (χ1) is 16.6. The third-order valence-electron chi connectivity index (χ3n) is 6.36. The molecule has 0 unspecified atom stereocenters. The Balaban J connectivity index is 1.66. The lowest BCUT2D eigenvalue weighted by Crippen LogP contribution is -2.48. The molecular weight excluding hydrogens is 440 g/mol. The van der Waals surface area contributed by atoms with E-state index in [-0.39, 0.29) is 35.5 Å². The number of nitrogens with zero attached hydrogens (tertiary/aromatic N) is 2. The van der Waals surface area contributed by atoms with Gasteiger partial charge in [0.25, 0.3) is 11.5 Å². The van der Waals surface area contributed by atoms with Gasteiger partial charge in [0, 0.05) is 16.7 Å². The van der Waals surface area contributed by atoms with E-state index in [1.807, 2.05) is 55.2 Å². The monoisotopic (exact) mass is 474 g/mol. The molecule has 35 heavy (non-hydrogen) atoms. The number of aromatic nitrogens is 2. The van der Waals surface area contributed by atoms with Gasteiger partial charge in [-0.1, -0.05) is 54.6 Å². The summed E-state index contributed by atoms with van der Waals surface area (Å²) in [6, 6.07) is 11.7. The number of aromatic amines is 1. The first-order valence-corrected chi connectivity index (χ1v) is 11.8. The topological polar surface area (TPSA) is 95.2 Å². The summed E-state index contributed by atoms with van der Waals surface area (Å²) in [5.41, 5.74) is 3.07. The van der Waals surface area contributed by atoms with Gasteiger partial charge in [0.2, 0.25) is 5.91 Å². The number of carbonyl (C=O) groups excluding carboxylic acids is 2. The third kappa shape index (κ3) is 6.44. The molecule has 1 aromatic carbocycles. The van der Waals surface area contributed by atoms with Gasteiger partial charge in [0.15, 0.2) is 0 Å². The summed E-state index contributed by atoms with van der Waals surface area (Å²) in [5.74, 6) is -0.482. The highest BCUT2D eigenvalue weighted by Crippen LogP contribution is 2.42. The fraction of sp³-hybridized carbons (Fsp3) is 0.357. The average molecular weight is 475 g/mol. The molecule has 1 saturated heterocycles. The number of allylic oxidation sites excluding steroid dienone is 3. The summed E-state index contributed by atoms with van der Waals surface area (Å²) in [7, 11) is 0. The second kappa shape index (κ2) is 11.1. The normalized spacial score (nSPS) is 17.8. The fourth-order valence-electron chi connectivity index (χ4n) is 4.51. The van der Waals surface area contributed by atoms with Crippen molar-refractivity contribution in [3.63, 3.8) is 0 Å². The smallest absolute Gasteiger partial charge is 0.267 e. The zero-order valence-electron chi connectivity index (χ0n) is 20.9. The molecule has 1 atom stereocenters. The van der Waals surface area contributed by atoms with Gasteiger partial charge in [-0.25, -0.2) is 5.10 Å². The number of rotatable bonds is 8. The summed E-state index contributed by atoms with van der Waals surface area (Å²) < 4.78 is 0. The molecule has 1 aromatic heterocycles. The van der Waals surface area contributed by atoms with E-state index in [4.69, 9.17) is 0 Å². The number of carbonyl (C=O) groups is 2. The zero-order valence-corrected chi connectivity index (χ0v) is 20.9. The maximum Gasteiger partial charge on any atom is 0.267 e. The Labute approximate surface area is 206 Å². The van der Waals surface area contributed by atoms with Crippen LogP contribution in [-0.4, -0.2) is 39.0 Å². The maximum absolute atomic E-state index is 13.2. The van der Waals surface area contributed by atoms with Crippen LogP contribution in [0.5, 0.6) is 0 Å². The van der Waals surface area contributed by atoms with Crippen molar-refractivity contribution < 1.29 is 9.59 Å². The summed E-state index contributed by atoms with van der Waals surface area (Å²) in [4.78, 5) is 39.8. The van der Waals surface area contributed by atoms with Crippen molar-refractivity contribution in [1.29, 1.82) is 0 Å². The Bertz CT molecular complexity index is 1210. The predicted molar refractivity (Wildman–Crippen MR) is 138 cm³/mol. The molecule has 0 bridgehead atoms. The Kier molecular flexibility index (Phi) is 8.22. The van der Waals surface area contributed by atoms with E-state index < -0.39 is 0 Å². The van der Waals surface area contributed by atoms with E-state index in [2.05, 4.69) is 35.9 Å². The van der Waals surface area contributed by atoms with Crippen molar-refractivity contribution in [2.24, 2.45) is 0 Å². The van der Waals surface area contributed by atoms with Gasteiger partial charge in [-0.05, 0) is 64.7 Å². The van der Waals surface area contributed by atoms with Crippen LogP contribution in [0.15, 0.2) is 77.1 Å². The molecule has 1 aliphatic rings. The fourth-order valence-corrected chi connectivity index (χ4v) is 4.51. The van der Waals surface area contributed by atoms with E-state index in [1.54, 1.807) is 12.1 Å². The number of hydrogen-bond donors (Lipinski definition) is 2. The van der Waals surface area contributed by atoms with Crippen LogP contribution in [0.25, 0.3) is 0 Å². The Morgan fingerprint density at radius 2 is 2.00 bits per heavy atom. The van der Waals surface area contributed by atoms with Crippen LogP contribution in [0.3, 0.4) is 0 Å². The lowest BCUT2D eigenvalue weighted by atomic mass is 10.0. The molecule has 2 amide bonds. The number of nitrogens with one attached hydrogen (secondary N) is 2. The van der Waals surface area contributed by atoms with Gasteiger partial charge < -0.3 is 10.2 Å². The number of amides is 2. The number of likely N-dealkylation sites (tertiary alicyclic amines) is 1. The molecule has 0 spiro atoms. The molecule has 2 heterocycles. The molecular formula is C28H34N4O3. The number of aryl methyl sites for hydroxylation is 1. The first-order valence-electron chi connectivity index (χ1n) is 11.8. The molecule has 2 N–H and O–H groups in total. The van der Waals surface area contributed by atoms with Crippen LogP contribution in [0.2, 0.25) is 0 Å². The van der Waals surface area contributed by atoms with Gasteiger partial charge in [-0.2, -0.15) is 5.10 Å². The van der Waals surface area contributed by atoms with Crippen LogP contribution >= 0.6 is 0 Å². The molecule has 1 fully saturated rings. The van der Waals surface area contributed by atoms with E-state index in [0.29, 0.717) is 17.6 Å². The molecule has 1 aliphatic heterocycles. The van der Waals surface area contributed by atoms with Gasteiger partial charge in [0.05, 0.1) is 18.3 Å². The lowest BCUT2D eigenvalue weighted by Gasteiger charge is -2.36. The number of benzene rings is 1. The van der Waals surface area contributed by atoms with Gasteiger partial charge >= 0.3 is 0 Å². The van der Waals surface area contributed by atoms with Crippen LogP contribution in [-0.2, 0) is 16.0 Å². The average Bonchev–Trinajstić information content (AvgIpc) is 3.16. The SMILES string of the molecule is C=C/C(=C\C(C)=C\Cc1cc(C)n[nH]c1=O)C(=O)NCC(=O)N1[C@H](c2ccccc2)CCC1(C)C. The lowest BCUT2D eigenvalue weighted by molar-refractivity contribution is -0.137. The molecule has 0 aliphatic carbocycles. The van der Waals surface area contributed by atoms with Crippen molar-refractivity contribution in [3.8, 4) is 0 Å². The van der Waals surface area contributed by atoms with E-state index in [9.17, 15) is 14.4 Å². The van der Waals surface area contributed by atoms with Crippen molar-refractivity contribution in [3.05, 3.63) is 99.5 Å². The van der Waals surface area contributed by atoms with E-state index >= 15 is 0 Å². The largest absolute Gasteiger partial charge is 0.343 e. The van der Waals surface area contributed by atoms with Crippen molar-refractivity contribution in [1.82, 2.24) is 20.4 Å². The molecule has 7 nitrogen and oxygen atoms in total. The minimum absolute atomic E-state index is 0.00447. The third-order valence-corrected chi connectivity index (χ3v) is 6.36. The summed E-state index contributed by atoms with van der Waals surface area (Å²) in [6.45, 7) is 11.4. The molecule has 3 rings (SSSR count). The number of hydrogen-bond acceptors (Lipinski definition) is 4. The van der Waals surface area contributed by atoms with E-state index in [1.165, 1.54) is 6.08 Å². The quantitative estimate of drug-likeness (QED) is 0.448. The summed E-state index contributed by atoms with van der Waals surface area (Å²) in [5, 5.41) is 9.10. The zero-order chi connectivity index (χ0) is 25.6. The van der Waals surface area contributed by atoms with Crippen molar-refractivity contribution in [2.45, 2.75) is 58.5 Å². The number of H-pyrrole nitrogens is 1. The van der Waals surface area contributed by atoms with Crippen LogP contribution in [0.4, 0.5) is 0 Å². The van der Waals surface area contributed by atoms with Crippen LogP contribution < -0.4 is 10.9 Å². The summed E-state index contributed by atoms with van der Waals surface area (Å²) in [6.07, 6.45) is 7.22. The Hall–Kier alpha value is -3.74. The molecule has 2 aromatic rings. The molecule has 0 radical (unpaired) electrons. The maximum atomic E-state index is 13.2. The second-order valence-electron chi connectivity index (χ2n) is 9.54. The minimum Gasteiger partial charge on any atom is -0.343 e. The van der Waals surface area contributed by atoms with Crippen LogP contribution in [0, 0.1) is 6.92 Å². The molecule has 7 heteroatoms. The minimum atomic E-state index is -0.369. The standard InChI is InChI=1S/C28H34N4O3/c1-6-21(16-19(2)12-13-23-17-20(3)30-31-27(23)35)26(34)29-18-25(33)32-24(14-15-28(32,4)5)22-10-8-7-9-11-22/h6-12,16-17,24H,1,13-15,18H2,2-5H3,(H,29,34)(H,31,35)/b19-12+,21-16+/t24-/m0/s1. The first kappa shape index (κ1) is 25.9. The highest BCUT2D eigenvalue weighted by molar-refractivity contribution is 5.98. The van der Waals surface area contributed by atoms with Crippen molar-refractivity contribution in [2.75, 3.05) is 6.54 Å². The highest BCUT2D eigenvalue weighted by atomic mass is 16.2. The Morgan fingerprint density at radius 3 is 2.69 bits per heavy atom. The van der Waals surface area contributed by atoms with Crippen molar-refractivity contribution >= 4 is 11.8 Å². The predicted octanol–water partition coefficient (Wildman–Crippen LogP) is 3.94. The van der Waals surface area contributed by atoms with Gasteiger partial charge in [-0.3, -0.25) is 14.4 Å². The van der Waals surface area contributed by atoms with Gasteiger partial charge in [-0.15, -0.1) is 0 Å². The Morgan fingerprint density at radius 1 is 1.29 bits per heavy atom. The second-order valence-corrected chi connectivity index (χ2v) is 9.54. The van der Waals surface area contributed by atoms with E-state index in [0.717, 1.165) is 29.7 Å². The molecule has 0 saturated carbocycles. The van der Waals surface area contributed by atoms with Gasteiger partial charge in [0.1, 0.15) is 0 Å². The highest BCUT2D eigenvalue weighted by Gasteiger charge is 2.42.